The monoisotopic (exact) mass is 241 g/mol. The Kier molecular flexibility index (Phi) is 2.71. The van der Waals surface area contributed by atoms with E-state index in [9.17, 15) is 0 Å². The number of hydrogen-bond acceptors (Lipinski definition) is 4. The lowest BCUT2D eigenvalue weighted by molar-refractivity contribution is 1.17. The fourth-order valence-corrected chi connectivity index (χ4v) is 2.22. The number of thiazole rings is 1. The number of rotatable bonds is 3. The van der Waals surface area contributed by atoms with Crippen molar-refractivity contribution in [2.75, 3.05) is 5.32 Å². The molecule has 0 aliphatic rings. The molecule has 2 aromatic heterocycles. The maximum absolute atomic E-state index is 4.41. The van der Waals surface area contributed by atoms with E-state index in [0.29, 0.717) is 0 Å². The summed E-state index contributed by atoms with van der Waals surface area (Å²) in [5.74, 6) is 0. The molecule has 3 aromatic rings. The molecule has 1 N–H and O–H groups in total. The molecule has 1 aromatic carbocycles. The van der Waals surface area contributed by atoms with Gasteiger partial charge in [-0.15, -0.1) is 11.3 Å². The van der Waals surface area contributed by atoms with Crippen molar-refractivity contribution in [1.29, 1.82) is 0 Å². The molecule has 0 atom stereocenters. The van der Waals surface area contributed by atoms with Crippen LogP contribution >= 0.6 is 11.3 Å². The Morgan fingerprint density at radius 1 is 1.18 bits per heavy atom. The van der Waals surface area contributed by atoms with Crippen molar-refractivity contribution in [3.8, 4) is 0 Å². The van der Waals surface area contributed by atoms with Crippen LogP contribution in [0.3, 0.4) is 0 Å². The zero-order chi connectivity index (χ0) is 11.5. The number of benzene rings is 1. The Morgan fingerprint density at radius 2 is 2.12 bits per heavy atom. The first-order chi connectivity index (χ1) is 8.42. The predicted molar refractivity (Wildman–Crippen MR) is 71.2 cm³/mol. The average molecular weight is 241 g/mol. The number of nitrogens with zero attached hydrogens (tertiary/aromatic N) is 2. The van der Waals surface area contributed by atoms with Gasteiger partial charge in [0.05, 0.1) is 29.5 Å². The topological polar surface area (TPSA) is 37.8 Å². The molecule has 0 bridgehead atoms. The molecule has 17 heavy (non-hydrogen) atoms. The summed E-state index contributed by atoms with van der Waals surface area (Å²) in [6.45, 7) is 0.796. The van der Waals surface area contributed by atoms with E-state index in [2.05, 4.69) is 27.4 Å². The standard InChI is InChI=1S/C13H11N3S/c1-2-4-13-10(3-1)5-11(6-16-13)15-8-12-7-14-9-17-12/h1-7,9,15H,8H2. The highest BCUT2D eigenvalue weighted by Crippen LogP contribution is 2.17. The first-order valence-corrected chi connectivity index (χ1v) is 6.26. The van der Waals surface area contributed by atoms with Gasteiger partial charge < -0.3 is 5.32 Å². The van der Waals surface area contributed by atoms with Crippen molar-refractivity contribution >= 4 is 27.9 Å². The van der Waals surface area contributed by atoms with Gasteiger partial charge in [-0.25, -0.2) is 0 Å². The molecular formula is C13H11N3S. The molecule has 0 aliphatic heterocycles. The summed E-state index contributed by atoms with van der Waals surface area (Å²) < 4.78 is 0. The third-order valence-corrected chi connectivity index (χ3v) is 3.32. The summed E-state index contributed by atoms with van der Waals surface area (Å²) in [7, 11) is 0. The Bertz CT molecular complexity index is 619. The summed E-state index contributed by atoms with van der Waals surface area (Å²) in [6.07, 6.45) is 3.75. The Morgan fingerprint density at radius 3 is 3.00 bits per heavy atom. The normalized spacial score (nSPS) is 10.6. The minimum absolute atomic E-state index is 0.796. The number of nitrogens with one attached hydrogen (secondary N) is 1. The molecule has 0 radical (unpaired) electrons. The van der Waals surface area contributed by atoms with Crippen LogP contribution < -0.4 is 5.32 Å². The van der Waals surface area contributed by atoms with Gasteiger partial charge in [0.2, 0.25) is 0 Å². The zero-order valence-electron chi connectivity index (χ0n) is 9.13. The number of anilines is 1. The van der Waals surface area contributed by atoms with Crippen molar-refractivity contribution in [3.63, 3.8) is 0 Å². The highest BCUT2D eigenvalue weighted by atomic mass is 32.1. The summed E-state index contributed by atoms with van der Waals surface area (Å²) >= 11 is 1.65. The molecule has 0 saturated heterocycles. The fourth-order valence-electron chi connectivity index (χ4n) is 1.69. The minimum atomic E-state index is 0.796. The van der Waals surface area contributed by atoms with Crippen LogP contribution in [0.4, 0.5) is 5.69 Å². The third kappa shape index (κ3) is 2.26. The average Bonchev–Trinajstić information content (AvgIpc) is 2.89. The first kappa shape index (κ1) is 10.2. The van der Waals surface area contributed by atoms with Crippen LogP contribution in [0.1, 0.15) is 4.88 Å². The fraction of sp³-hybridized carbons (Fsp3) is 0.0769. The number of aromatic nitrogens is 2. The van der Waals surface area contributed by atoms with Crippen LogP contribution in [0.2, 0.25) is 0 Å². The lowest BCUT2D eigenvalue weighted by Gasteiger charge is -2.05. The number of pyridine rings is 1. The van der Waals surface area contributed by atoms with Crippen LogP contribution in [0.25, 0.3) is 10.9 Å². The van der Waals surface area contributed by atoms with E-state index in [-0.39, 0.29) is 0 Å². The van der Waals surface area contributed by atoms with E-state index in [1.165, 1.54) is 4.88 Å². The summed E-state index contributed by atoms with van der Waals surface area (Å²) in [5, 5.41) is 4.50. The van der Waals surface area contributed by atoms with Crippen LogP contribution in [0.5, 0.6) is 0 Å². The Hall–Kier alpha value is -1.94. The van der Waals surface area contributed by atoms with Crippen molar-refractivity contribution in [2.24, 2.45) is 0 Å². The van der Waals surface area contributed by atoms with E-state index in [0.717, 1.165) is 23.1 Å². The van der Waals surface area contributed by atoms with Crippen molar-refractivity contribution in [1.82, 2.24) is 9.97 Å². The predicted octanol–water partition coefficient (Wildman–Crippen LogP) is 3.30. The highest BCUT2D eigenvalue weighted by molar-refractivity contribution is 7.09. The van der Waals surface area contributed by atoms with E-state index < -0.39 is 0 Å². The van der Waals surface area contributed by atoms with Crippen molar-refractivity contribution in [3.05, 3.63) is 53.1 Å². The molecule has 2 heterocycles. The number of para-hydroxylation sites is 1. The summed E-state index contributed by atoms with van der Waals surface area (Å²) in [6, 6.07) is 10.2. The maximum Gasteiger partial charge on any atom is 0.0794 e. The number of fused-ring (bicyclic) bond motifs is 1. The SMILES string of the molecule is c1ccc2ncc(NCc3cncs3)cc2c1. The minimum Gasteiger partial charge on any atom is -0.379 e. The zero-order valence-corrected chi connectivity index (χ0v) is 9.95. The van der Waals surface area contributed by atoms with Crippen LogP contribution in [-0.4, -0.2) is 9.97 Å². The molecule has 3 rings (SSSR count). The van der Waals surface area contributed by atoms with E-state index >= 15 is 0 Å². The van der Waals surface area contributed by atoms with Gasteiger partial charge in [-0.3, -0.25) is 9.97 Å². The summed E-state index contributed by atoms with van der Waals surface area (Å²) in [5.41, 5.74) is 3.91. The second kappa shape index (κ2) is 4.51. The Balaban J connectivity index is 1.81. The van der Waals surface area contributed by atoms with Gasteiger partial charge in [0, 0.05) is 16.5 Å². The quantitative estimate of drug-likeness (QED) is 0.764. The van der Waals surface area contributed by atoms with E-state index in [4.69, 9.17) is 0 Å². The molecule has 4 heteroatoms. The van der Waals surface area contributed by atoms with Gasteiger partial charge in [0.15, 0.2) is 0 Å². The van der Waals surface area contributed by atoms with Gasteiger partial charge >= 0.3 is 0 Å². The van der Waals surface area contributed by atoms with Crippen LogP contribution in [0, 0.1) is 0 Å². The molecule has 0 fully saturated rings. The smallest absolute Gasteiger partial charge is 0.0794 e. The molecular weight excluding hydrogens is 230 g/mol. The van der Waals surface area contributed by atoms with E-state index in [1.54, 1.807) is 11.3 Å². The highest BCUT2D eigenvalue weighted by Gasteiger charge is 1.98. The molecule has 0 amide bonds. The van der Waals surface area contributed by atoms with Gasteiger partial charge in [0.1, 0.15) is 0 Å². The van der Waals surface area contributed by atoms with E-state index in [1.807, 2.05) is 36.1 Å². The second-order valence-corrected chi connectivity index (χ2v) is 4.71. The molecule has 0 saturated carbocycles. The molecule has 0 aliphatic carbocycles. The Labute approximate surface area is 103 Å². The first-order valence-electron chi connectivity index (χ1n) is 5.38. The molecule has 0 unspecified atom stereocenters. The van der Waals surface area contributed by atoms with Gasteiger partial charge in [-0.2, -0.15) is 0 Å². The molecule has 3 nitrogen and oxygen atoms in total. The molecule has 84 valence electrons. The third-order valence-electron chi connectivity index (χ3n) is 2.54. The maximum atomic E-state index is 4.41. The molecule has 0 spiro atoms. The lowest BCUT2D eigenvalue weighted by Crippen LogP contribution is -1.97. The lowest BCUT2D eigenvalue weighted by atomic mass is 10.2. The van der Waals surface area contributed by atoms with Crippen molar-refractivity contribution in [2.45, 2.75) is 6.54 Å². The van der Waals surface area contributed by atoms with Gasteiger partial charge in [-0.1, -0.05) is 18.2 Å². The summed E-state index contributed by atoms with van der Waals surface area (Å²) in [4.78, 5) is 9.67. The number of hydrogen-bond donors (Lipinski definition) is 1. The van der Waals surface area contributed by atoms with Gasteiger partial charge in [0.25, 0.3) is 0 Å². The van der Waals surface area contributed by atoms with Crippen LogP contribution in [-0.2, 0) is 6.54 Å². The van der Waals surface area contributed by atoms with Crippen LogP contribution in [0.15, 0.2) is 48.2 Å². The largest absolute Gasteiger partial charge is 0.379 e. The van der Waals surface area contributed by atoms with Crippen molar-refractivity contribution < 1.29 is 0 Å². The second-order valence-electron chi connectivity index (χ2n) is 3.74. The van der Waals surface area contributed by atoms with Gasteiger partial charge in [-0.05, 0) is 12.1 Å².